The average Bonchev–Trinajstić information content (AvgIpc) is 2.80. The molecule has 0 saturated heterocycles. The van der Waals surface area contributed by atoms with Gasteiger partial charge in [0.1, 0.15) is 11.5 Å². The quantitative estimate of drug-likeness (QED) is 0.851. The van der Waals surface area contributed by atoms with Gasteiger partial charge in [-0.1, -0.05) is 36.0 Å². The largest absolute Gasteiger partial charge is 0.388 e. The third kappa shape index (κ3) is 3.33. The number of aromatic nitrogens is 1. The summed E-state index contributed by atoms with van der Waals surface area (Å²) >= 11 is 10.9. The Morgan fingerprint density at radius 2 is 2.05 bits per heavy atom. The van der Waals surface area contributed by atoms with Crippen molar-refractivity contribution in [3.05, 3.63) is 53.3 Å². The van der Waals surface area contributed by atoms with Crippen molar-refractivity contribution < 1.29 is 4.79 Å². The van der Waals surface area contributed by atoms with Crippen LogP contribution in [-0.2, 0) is 11.3 Å². The molecule has 4 nitrogen and oxygen atoms in total. The zero-order valence-electron chi connectivity index (χ0n) is 9.97. The number of nitrogens with zero attached hydrogens (tertiary/aromatic N) is 1. The molecule has 19 heavy (non-hydrogen) atoms. The smallest absolute Gasteiger partial charge is 0.244 e. The third-order valence-corrected chi connectivity index (χ3v) is 3.08. The molecule has 0 aliphatic heterocycles. The summed E-state index contributed by atoms with van der Waals surface area (Å²) in [6, 6.07) is 10.6. The Labute approximate surface area is 121 Å². The van der Waals surface area contributed by atoms with Crippen LogP contribution in [0.15, 0.2) is 42.6 Å². The molecule has 0 fully saturated rings. The predicted molar refractivity (Wildman–Crippen MR) is 80.4 cm³/mol. The first-order chi connectivity index (χ1) is 9.08. The highest BCUT2D eigenvalue weighted by Crippen LogP contribution is 2.20. The van der Waals surface area contributed by atoms with E-state index in [0.29, 0.717) is 16.4 Å². The zero-order chi connectivity index (χ0) is 13.8. The van der Waals surface area contributed by atoms with Gasteiger partial charge in [-0.15, -0.1) is 0 Å². The van der Waals surface area contributed by atoms with Gasteiger partial charge in [0.2, 0.25) is 5.91 Å². The summed E-state index contributed by atoms with van der Waals surface area (Å²) < 4.78 is 1.69. The number of rotatable bonds is 4. The normalized spacial score (nSPS) is 10.2. The van der Waals surface area contributed by atoms with Crippen LogP contribution in [-0.4, -0.2) is 15.5 Å². The number of amides is 1. The summed E-state index contributed by atoms with van der Waals surface area (Å²) in [6.45, 7) is 0.130. The molecule has 0 aliphatic carbocycles. The van der Waals surface area contributed by atoms with Crippen LogP contribution in [0.25, 0.3) is 0 Å². The molecule has 0 spiro atoms. The maximum absolute atomic E-state index is 11.9. The van der Waals surface area contributed by atoms with Gasteiger partial charge in [-0.05, 0) is 24.3 Å². The first-order valence-electron chi connectivity index (χ1n) is 5.57. The molecule has 0 radical (unpaired) electrons. The lowest BCUT2D eigenvalue weighted by Gasteiger charge is -2.10. The Bertz CT molecular complexity index is 624. The number of halogens is 1. The fourth-order valence-electron chi connectivity index (χ4n) is 1.68. The predicted octanol–water partition coefficient (Wildman–Crippen LogP) is 2.41. The third-order valence-electron chi connectivity index (χ3n) is 2.54. The minimum atomic E-state index is -0.193. The molecule has 0 bridgehead atoms. The Hall–Kier alpha value is -1.85. The van der Waals surface area contributed by atoms with Crippen molar-refractivity contribution in [3.63, 3.8) is 0 Å². The number of anilines is 1. The molecule has 2 rings (SSSR count). The van der Waals surface area contributed by atoms with Crippen LogP contribution in [0.5, 0.6) is 0 Å². The topological polar surface area (TPSA) is 60.0 Å². The summed E-state index contributed by atoms with van der Waals surface area (Å²) in [5.74, 6) is -0.193. The van der Waals surface area contributed by atoms with Crippen molar-refractivity contribution in [2.24, 2.45) is 5.73 Å². The maximum Gasteiger partial charge on any atom is 0.244 e. The number of nitrogens with two attached hydrogens (primary N) is 1. The number of hydrogen-bond acceptors (Lipinski definition) is 2. The first kappa shape index (κ1) is 13.6. The molecule has 1 heterocycles. The summed E-state index contributed by atoms with van der Waals surface area (Å²) in [6.07, 6.45) is 1.75. The minimum absolute atomic E-state index is 0.130. The highest BCUT2D eigenvalue weighted by Gasteiger charge is 2.09. The van der Waals surface area contributed by atoms with Crippen LogP contribution in [0, 0.1) is 0 Å². The lowest BCUT2D eigenvalue weighted by molar-refractivity contribution is -0.116. The van der Waals surface area contributed by atoms with Crippen molar-refractivity contribution in [2.75, 3.05) is 5.32 Å². The summed E-state index contributed by atoms with van der Waals surface area (Å²) in [4.78, 5) is 12.2. The van der Waals surface area contributed by atoms with Crippen LogP contribution in [0.1, 0.15) is 5.69 Å². The van der Waals surface area contributed by atoms with E-state index in [2.05, 4.69) is 5.32 Å². The Morgan fingerprint density at radius 3 is 2.74 bits per heavy atom. The van der Waals surface area contributed by atoms with E-state index in [9.17, 15) is 4.79 Å². The molecule has 6 heteroatoms. The molecule has 0 unspecified atom stereocenters. The summed E-state index contributed by atoms with van der Waals surface area (Å²) in [7, 11) is 0. The first-order valence-corrected chi connectivity index (χ1v) is 6.36. The van der Waals surface area contributed by atoms with E-state index in [-0.39, 0.29) is 17.4 Å². The number of carbonyl (C=O) groups excluding carboxylic acids is 1. The van der Waals surface area contributed by atoms with E-state index in [4.69, 9.17) is 29.6 Å². The lowest BCUT2D eigenvalue weighted by atomic mass is 10.3. The summed E-state index contributed by atoms with van der Waals surface area (Å²) in [5.41, 5.74) is 6.81. The van der Waals surface area contributed by atoms with Gasteiger partial charge in [0, 0.05) is 6.20 Å². The fourth-order valence-corrected chi connectivity index (χ4v) is 2.05. The van der Waals surface area contributed by atoms with Gasteiger partial charge in [-0.25, -0.2) is 0 Å². The number of carbonyl (C=O) groups is 1. The molecular weight excluding hydrogens is 282 g/mol. The molecule has 2 aromatic rings. The molecular formula is C13H12ClN3OS. The van der Waals surface area contributed by atoms with E-state index in [1.807, 2.05) is 0 Å². The van der Waals surface area contributed by atoms with Crippen molar-refractivity contribution >= 4 is 40.4 Å². The second kappa shape index (κ2) is 5.86. The standard InChI is InChI=1S/C13H12ClN3OS/c14-9-4-1-2-5-10(9)16-12(18)8-17-7-3-6-11(17)13(15)19/h1-7H,8H2,(H2,15,19)(H,16,18). The van der Waals surface area contributed by atoms with E-state index in [0.717, 1.165) is 0 Å². The number of thiocarbonyl (C=S) groups is 1. The van der Waals surface area contributed by atoms with Gasteiger partial charge in [0.15, 0.2) is 0 Å². The van der Waals surface area contributed by atoms with Crippen LogP contribution in [0.2, 0.25) is 5.02 Å². The molecule has 1 aromatic heterocycles. The van der Waals surface area contributed by atoms with Gasteiger partial charge < -0.3 is 15.6 Å². The second-order valence-corrected chi connectivity index (χ2v) is 4.76. The molecule has 3 N–H and O–H groups in total. The number of para-hydroxylation sites is 1. The molecule has 1 aromatic carbocycles. The second-order valence-electron chi connectivity index (χ2n) is 3.91. The Morgan fingerprint density at radius 1 is 1.32 bits per heavy atom. The van der Waals surface area contributed by atoms with E-state index < -0.39 is 0 Å². The highest BCUT2D eigenvalue weighted by molar-refractivity contribution is 7.80. The van der Waals surface area contributed by atoms with E-state index in [1.54, 1.807) is 47.2 Å². The van der Waals surface area contributed by atoms with E-state index in [1.165, 1.54) is 0 Å². The average molecular weight is 294 g/mol. The maximum atomic E-state index is 11.9. The number of benzene rings is 1. The SMILES string of the molecule is NC(=S)c1cccn1CC(=O)Nc1ccccc1Cl. The lowest BCUT2D eigenvalue weighted by Crippen LogP contribution is -2.22. The highest BCUT2D eigenvalue weighted by atomic mass is 35.5. The van der Waals surface area contributed by atoms with Crippen LogP contribution in [0.3, 0.4) is 0 Å². The molecule has 1 amide bonds. The van der Waals surface area contributed by atoms with Crippen molar-refractivity contribution in [1.29, 1.82) is 0 Å². The zero-order valence-corrected chi connectivity index (χ0v) is 11.5. The minimum Gasteiger partial charge on any atom is -0.388 e. The number of nitrogens with one attached hydrogen (secondary N) is 1. The Kier molecular flexibility index (Phi) is 4.19. The van der Waals surface area contributed by atoms with Crippen LogP contribution < -0.4 is 11.1 Å². The van der Waals surface area contributed by atoms with Crippen LogP contribution in [0.4, 0.5) is 5.69 Å². The fraction of sp³-hybridized carbons (Fsp3) is 0.0769. The van der Waals surface area contributed by atoms with Crippen LogP contribution >= 0.6 is 23.8 Å². The molecule has 0 aliphatic rings. The molecule has 0 saturated carbocycles. The van der Waals surface area contributed by atoms with Gasteiger partial charge in [0.25, 0.3) is 0 Å². The monoisotopic (exact) mass is 293 g/mol. The van der Waals surface area contributed by atoms with E-state index >= 15 is 0 Å². The van der Waals surface area contributed by atoms with Crippen molar-refractivity contribution in [2.45, 2.75) is 6.54 Å². The van der Waals surface area contributed by atoms with Crippen molar-refractivity contribution in [3.8, 4) is 0 Å². The van der Waals surface area contributed by atoms with Crippen molar-refractivity contribution in [1.82, 2.24) is 4.57 Å². The number of hydrogen-bond donors (Lipinski definition) is 2. The van der Waals surface area contributed by atoms with Gasteiger partial charge >= 0.3 is 0 Å². The molecule has 0 atom stereocenters. The van der Waals surface area contributed by atoms with Gasteiger partial charge in [-0.3, -0.25) is 4.79 Å². The molecule has 98 valence electrons. The van der Waals surface area contributed by atoms with Gasteiger partial charge in [-0.2, -0.15) is 0 Å². The van der Waals surface area contributed by atoms with Gasteiger partial charge in [0.05, 0.1) is 16.4 Å². The summed E-state index contributed by atoms with van der Waals surface area (Å²) in [5, 5.41) is 3.24. The Balaban J connectivity index is 2.08.